The lowest BCUT2D eigenvalue weighted by molar-refractivity contribution is -0.140. The summed E-state index contributed by atoms with van der Waals surface area (Å²) >= 11 is 0. The van der Waals surface area contributed by atoms with Crippen LogP contribution in [0.25, 0.3) is 0 Å². The van der Waals surface area contributed by atoms with Gasteiger partial charge in [-0.1, -0.05) is 0 Å². The van der Waals surface area contributed by atoms with Crippen LogP contribution in [-0.2, 0) is 9.59 Å². The number of benzene rings is 2. The van der Waals surface area contributed by atoms with Gasteiger partial charge >= 0.3 is 0 Å². The summed E-state index contributed by atoms with van der Waals surface area (Å²) in [7, 11) is 0. The van der Waals surface area contributed by atoms with E-state index in [1.807, 2.05) is 6.07 Å². The first-order valence-electron chi connectivity index (χ1n) is 10.2. The molecule has 2 aromatic rings. The zero-order chi connectivity index (χ0) is 21.8. The fourth-order valence-corrected chi connectivity index (χ4v) is 3.70. The third-order valence-corrected chi connectivity index (χ3v) is 5.46. The van der Waals surface area contributed by atoms with Gasteiger partial charge in [0, 0.05) is 30.8 Å². The molecule has 1 fully saturated rings. The van der Waals surface area contributed by atoms with Crippen LogP contribution in [0.5, 0.6) is 17.2 Å². The van der Waals surface area contributed by atoms with E-state index in [2.05, 4.69) is 5.32 Å². The molecule has 8 heteroatoms. The standard InChI is InChI=1S/C23H23N3O5/c1-15(31-19-5-2-16(13-24)3-6-19)23(28)26-10-8-17(9-11-26)22(27)25-18-4-7-20-21(12-18)30-14-29-20/h2-7,12,15,17H,8-11,14H2,1H3,(H,25,27). The summed E-state index contributed by atoms with van der Waals surface area (Å²) in [5.74, 6) is 1.49. The molecular formula is C23H23N3O5. The largest absolute Gasteiger partial charge is 0.481 e. The van der Waals surface area contributed by atoms with Gasteiger partial charge in [0.1, 0.15) is 5.75 Å². The van der Waals surface area contributed by atoms with Gasteiger partial charge in [-0.2, -0.15) is 5.26 Å². The zero-order valence-corrected chi connectivity index (χ0v) is 17.2. The lowest BCUT2D eigenvalue weighted by Gasteiger charge is -2.33. The van der Waals surface area contributed by atoms with Crippen molar-refractivity contribution in [1.82, 2.24) is 4.90 Å². The molecule has 0 bridgehead atoms. The second-order valence-corrected chi connectivity index (χ2v) is 7.55. The minimum atomic E-state index is -0.646. The number of nitrogens with zero attached hydrogens (tertiary/aromatic N) is 2. The molecular weight excluding hydrogens is 398 g/mol. The van der Waals surface area contributed by atoms with Crippen LogP contribution in [0, 0.1) is 17.2 Å². The van der Waals surface area contributed by atoms with E-state index in [0.29, 0.717) is 54.4 Å². The molecule has 160 valence electrons. The number of fused-ring (bicyclic) bond motifs is 1. The third-order valence-electron chi connectivity index (χ3n) is 5.46. The minimum absolute atomic E-state index is 0.0622. The van der Waals surface area contributed by atoms with E-state index in [9.17, 15) is 9.59 Å². The van der Waals surface area contributed by atoms with Gasteiger partial charge in [-0.05, 0) is 56.2 Å². The number of rotatable bonds is 5. The molecule has 0 spiro atoms. The Bertz CT molecular complexity index is 1010. The first kappa shape index (κ1) is 20.5. The summed E-state index contributed by atoms with van der Waals surface area (Å²) in [6, 6.07) is 14.0. The molecule has 31 heavy (non-hydrogen) atoms. The number of anilines is 1. The molecule has 2 aromatic carbocycles. The van der Waals surface area contributed by atoms with Gasteiger partial charge in [0.05, 0.1) is 11.6 Å². The van der Waals surface area contributed by atoms with E-state index in [1.54, 1.807) is 54.3 Å². The van der Waals surface area contributed by atoms with Crippen molar-refractivity contribution in [2.45, 2.75) is 25.9 Å². The fraction of sp³-hybridized carbons (Fsp3) is 0.348. The quantitative estimate of drug-likeness (QED) is 0.797. The Balaban J connectivity index is 1.26. The average molecular weight is 421 g/mol. The van der Waals surface area contributed by atoms with Gasteiger partial charge in [0.25, 0.3) is 5.91 Å². The Labute approximate surface area is 180 Å². The van der Waals surface area contributed by atoms with Crippen LogP contribution in [0.2, 0.25) is 0 Å². The molecule has 0 saturated carbocycles. The van der Waals surface area contributed by atoms with Gasteiger partial charge < -0.3 is 24.4 Å². The highest BCUT2D eigenvalue weighted by atomic mass is 16.7. The maximum atomic E-state index is 12.7. The van der Waals surface area contributed by atoms with Gasteiger partial charge in [0.15, 0.2) is 17.6 Å². The monoisotopic (exact) mass is 421 g/mol. The summed E-state index contributed by atoms with van der Waals surface area (Å²) < 4.78 is 16.3. The van der Waals surface area contributed by atoms with E-state index >= 15 is 0 Å². The van der Waals surface area contributed by atoms with Gasteiger partial charge in [-0.15, -0.1) is 0 Å². The van der Waals surface area contributed by atoms with Crippen LogP contribution in [0.3, 0.4) is 0 Å². The van der Waals surface area contributed by atoms with Crippen molar-refractivity contribution in [1.29, 1.82) is 5.26 Å². The Morgan fingerprint density at radius 1 is 1.13 bits per heavy atom. The molecule has 1 saturated heterocycles. The van der Waals surface area contributed by atoms with E-state index < -0.39 is 6.10 Å². The van der Waals surface area contributed by atoms with Crippen molar-refractivity contribution >= 4 is 17.5 Å². The molecule has 2 amide bonds. The first-order chi connectivity index (χ1) is 15.0. The van der Waals surface area contributed by atoms with E-state index in [1.165, 1.54) is 0 Å². The number of piperidine rings is 1. The Morgan fingerprint density at radius 3 is 2.55 bits per heavy atom. The van der Waals surface area contributed by atoms with Crippen LogP contribution in [-0.4, -0.2) is 42.7 Å². The van der Waals surface area contributed by atoms with Crippen molar-refractivity contribution in [3.05, 3.63) is 48.0 Å². The number of hydrogen-bond donors (Lipinski definition) is 1. The molecule has 2 aliphatic rings. The fourth-order valence-electron chi connectivity index (χ4n) is 3.70. The zero-order valence-electron chi connectivity index (χ0n) is 17.2. The highest BCUT2D eigenvalue weighted by molar-refractivity contribution is 5.93. The van der Waals surface area contributed by atoms with Gasteiger partial charge in [0.2, 0.25) is 12.7 Å². The number of hydrogen-bond acceptors (Lipinski definition) is 6. The predicted octanol–water partition coefficient (Wildman–Crippen LogP) is 2.93. The smallest absolute Gasteiger partial charge is 0.263 e. The van der Waals surface area contributed by atoms with Crippen molar-refractivity contribution in [2.75, 3.05) is 25.2 Å². The lowest BCUT2D eigenvalue weighted by Crippen LogP contribution is -2.46. The summed E-state index contributed by atoms with van der Waals surface area (Å²) in [4.78, 5) is 27.1. The van der Waals surface area contributed by atoms with Crippen molar-refractivity contribution in [3.8, 4) is 23.3 Å². The van der Waals surface area contributed by atoms with Crippen LogP contribution < -0.4 is 19.5 Å². The second kappa shape index (κ2) is 8.96. The van der Waals surface area contributed by atoms with E-state index in [4.69, 9.17) is 19.5 Å². The number of nitrogens with one attached hydrogen (secondary N) is 1. The topological polar surface area (TPSA) is 101 Å². The van der Waals surface area contributed by atoms with Crippen LogP contribution in [0.1, 0.15) is 25.3 Å². The molecule has 2 heterocycles. The van der Waals surface area contributed by atoms with Crippen LogP contribution in [0.4, 0.5) is 5.69 Å². The third kappa shape index (κ3) is 4.72. The van der Waals surface area contributed by atoms with Crippen molar-refractivity contribution in [3.63, 3.8) is 0 Å². The average Bonchev–Trinajstić information content (AvgIpc) is 3.27. The van der Waals surface area contributed by atoms with E-state index in [-0.39, 0.29) is 24.5 Å². The van der Waals surface area contributed by atoms with Gasteiger partial charge in [-0.3, -0.25) is 9.59 Å². The summed E-state index contributed by atoms with van der Waals surface area (Å²) in [5.41, 5.74) is 1.20. The molecule has 1 N–H and O–H groups in total. The van der Waals surface area contributed by atoms with E-state index in [0.717, 1.165) is 0 Å². The van der Waals surface area contributed by atoms with Gasteiger partial charge in [-0.25, -0.2) is 0 Å². The number of amides is 2. The number of likely N-dealkylation sites (tertiary alicyclic amines) is 1. The maximum absolute atomic E-state index is 12.7. The van der Waals surface area contributed by atoms with Crippen LogP contribution in [0.15, 0.2) is 42.5 Å². The lowest BCUT2D eigenvalue weighted by atomic mass is 9.95. The Hall–Kier alpha value is -3.73. The van der Waals surface area contributed by atoms with Crippen molar-refractivity contribution in [2.24, 2.45) is 5.92 Å². The summed E-state index contributed by atoms with van der Waals surface area (Å²) in [5, 5.41) is 11.8. The Morgan fingerprint density at radius 2 is 1.84 bits per heavy atom. The molecule has 0 aliphatic carbocycles. The molecule has 4 rings (SSSR count). The normalized spacial score (nSPS) is 16.3. The minimum Gasteiger partial charge on any atom is -0.481 e. The Kier molecular flexibility index (Phi) is 5.94. The maximum Gasteiger partial charge on any atom is 0.263 e. The highest BCUT2D eigenvalue weighted by Gasteiger charge is 2.30. The molecule has 1 unspecified atom stereocenters. The number of carbonyl (C=O) groups excluding carboxylic acids is 2. The SMILES string of the molecule is CC(Oc1ccc(C#N)cc1)C(=O)N1CCC(C(=O)Nc2ccc3c(c2)OCO3)CC1. The summed E-state index contributed by atoms with van der Waals surface area (Å²) in [6.45, 7) is 2.89. The molecule has 0 aromatic heterocycles. The molecule has 0 radical (unpaired) electrons. The molecule has 8 nitrogen and oxygen atoms in total. The van der Waals surface area contributed by atoms with Crippen molar-refractivity contribution < 1.29 is 23.8 Å². The molecule has 1 atom stereocenters. The summed E-state index contributed by atoms with van der Waals surface area (Å²) in [6.07, 6.45) is 0.532. The number of carbonyl (C=O) groups is 2. The molecule has 2 aliphatic heterocycles. The second-order valence-electron chi connectivity index (χ2n) is 7.55. The highest BCUT2D eigenvalue weighted by Crippen LogP contribution is 2.34. The number of nitriles is 1. The van der Waals surface area contributed by atoms with Crippen LogP contribution >= 0.6 is 0 Å². The number of ether oxygens (including phenoxy) is 3. The first-order valence-corrected chi connectivity index (χ1v) is 10.2. The predicted molar refractivity (Wildman–Crippen MR) is 112 cm³/mol.